The van der Waals surface area contributed by atoms with Crippen molar-refractivity contribution in [3.05, 3.63) is 46.3 Å². The minimum absolute atomic E-state index is 0.00559. The van der Waals surface area contributed by atoms with Gasteiger partial charge in [-0.3, -0.25) is 0 Å². The smallest absolute Gasteiger partial charge is 0.0994 e. The van der Waals surface area contributed by atoms with Crippen molar-refractivity contribution in [1.82, 2.24) is 15.0 Å². The highest BCUT2D eigenvalue weighted by atomic mass is 15.4. The highest BCUT2D eigenvalue weighted by molar-refractivity contribution is 5.37. The molecular weight excluding hydrogens is 248 g/mol. The molecular formula is C16H24N4. The van der Waals surface area contributed by atoms with Crippen LogP contribution in [0.5, 0.6) is 0 Å². The molecule has 0 radical (unpaired) electrons. The first-order chi connectivity index (χ1) is 9.51. The van der Waals surface area contributed by atoms with E-state index in [1.54, 1.807) is 0 Å². The van der Waals surface area contributed by atoms with Crippen molar-refractivity contribution >= 4 is 0 Å². The topological polar surface area (TPSA) is 56.7 Å². The van der Waals surface area contributed by atoms with E-state index in [2.05, 4.69) is 50.1 Å². The summed E-state index contributed by atoms with van der Waals surface area (Å²) in [4.78, 5) is 0. The summed E-state index contributed by atoms with van der Waals surface area (Å²) in [7, 11) is 0. The average molecular weight is 272 g/mol. The maximum absolute atomic E-state index is 6.08. The summed E-state index contributed by atoms with van der Waals surface area (Å²) in [5.41, 5.74) is 12.2. The molecule has 2 aromatic rings. The maximum atomic E-state index is 6.08. The van der Waals surface area contributed by atoms with Gasteiger partial charge in [-0.1, -0.05) is 36.3 Å². The van der Waals surface area contributed by atoms with Crippen LogP contribution in [-0.2, 0) is 6.54 Å². The van der Waals surface area contributed by atoms with E-state index in [0.717, 1.165) is 25.1 Å². The Morgan fingerprint density at radius 2 is 1.85 bits per heavy atom. The van der Waals surface area contributed by atoms with Crippen LogP contribution in [0.15, 0.2) is 18.3 Å². The summed E-state index contributed by atoms with van der Waals surface area (Å²) in [6, 6.07) is 4.42. The number of aryl methyl sites for hydroxylation is 3. The summed E-state index contributed by atoms with van der Waals surface area (Å²) in [6.07, 6.45) is 3.98. The fourth-order valence-electron chi connectivity index (χ4n) is 2.64. The quantitative estimate of drug-likeness (QED) is 0.910. The van der Waals surface area contributed by atoms with Crippen molar-refractivity contribution in [3.63, 3.8) is 0 Å². The lowest BCUT2D eigenvalue weighted by atomic mass is 10.00. The Hall–Kier alpha value is -1.68. The zero-order chi connectivity index (χ0) is 14.7. The molecule has 2 rings (SSSR count). The largest absolute Gasteiger partial charge is 0.323 e. The van der Waals surface area contributed by atoms with Crippen LogP contribution in [0.3, 0.4) is 0 Å². The second-order valence-corrected chi connectivity index (χ2v) is 5.61. The third kappa shape index (κ3) is 3.25. The van der Waals surface area contributed by atoms with Gasteiger partial charge in [0, 0.05) is 0 Å². The van der Waals surface area contributed by atoms with Gasteiger partial charge < -0.3 is 5.73 Å². The minimum atomic E-state index is -0.00559. The van der Waals surface area contributed by atoms with Gasteiger partial charge in [-0.2, -0.15) is 0 Å². The molecule has 1 aromatic heterocycles. The molecule has 1 atom stereocenters. The number of benzene rings is 1. The highest BCUT2D eigenvalue weighted by Gasteiger charge is 2.11. The van der Waals surface area contributed by atoms with Crippen molar-refractivity contribution in [2.45, 2.75) is 53.1 Å². The lowest BCUT2D eigenvalue weighted by Gasteiger charge is -2.11. The van der Waals surface area contributed by atoms with E-state index >= 15 is 0 Å². The molecule has 1 aromatic carbocycles. The van der Waals surface area contributed by atoms with E-state index in [4.69, 9.17) is 5.73 Å². The molecule has 0 fully saturated rings. The Balaban J connectivity index is 2.19. The fourth-order valence-corrected chi connectivity index (χ4v) is 2.64. The van der Waals surface area contributed by atoms with Gasteiger partial charge >= 0.3 is 0 Å². The van der Waals surface area contributed by atoms with Crippen LogP contribution in [0.1, 0.15) is 53.8 Å². The van der Waals surface area contributed by atoms with E-state index in [0.29, 0.717) is 0 Å². The first kappa shape index (κ1) is 14.7. The number of nitrogens with zero attached hydrogens (tertiary/aromatic N) is 3. The molecule has 20 heavy (non-hydrogen) atoms. The van der Waals surface area contributed by atoms with Crippen LogP contribution >= 0.6 is 0 Å². The standard InChI is InChI=1S/C16H24N4/c1-5-6-15(17)16-10-20(19-18-16)9-14-12(3)7-11(2)8-13(14)4/h7-8,10,15H,5-6,9,17H2,1-4H3. The van der Waals surface area contributed by atoms with E-state index in [9.17, 15) is 0 Å². The van der Waals surface area contributed by atoms with Gasteiger partial charge in [0.05, 0.1) is 24.5 Å². The third-order valence-corrected chi connectivity index (χ3v) is 3.70. The Labute approximate surface area is 121 Å². The third-order valence-electron chi connectivity index (χ3n) is 3.70. The second-order valence-electron chi connectivity index (χ2n) is 5.61. The lowest BCUT2D eigenvalue weighted by Crippen LogP contribution is -2.10. The minimum Gasteiger partial charge on any atom is -0.323 e. The molecule has 4 heteroatoms. The van der Waals surface area contributed by atoms with Gasteiger partial charge in [-0.15, -0.1) is 5.10 Å². The van der Waals surface area contributed by atoms with Crippen molar-refractivity contribution in [3.8, 4) is 0 Å². The van der Waals surface area contributed by atoms with Crippen molar-refractivity contribution < 1.29 is 0 Å². The first-order valence-corrected chi connectivity index (χ1v) is 7.23. The number of hydrogen-bond donors (Lipinski definition) is 1. The van der Waals surface area contributed by atoms with Crippen LogP contribution in [0.25, 0.3) is 0 Å². The van der Waals surface area contributed by atoms with Gasteiger partial charge in [-0.25, -0.2) is 4.68 Å². The molecule has 2 N–H and O–H groups in total. The van der Waals surface area contributed by atoms with E-state index in [-0.39, 0.29) is 6.04 Å². The van der Waals surface area contributed by atoms with Gasteiger partial charge in [0.2, 0.25) is 0 Å². The molecule has 4 nitrogen and oxygen atoms in total. The fraction of sp³-hybridized carbons (Fsp3) is 0.500. The molecule has 108 valence electrons. The van der Waals surface area contributed by atoms with Crippen molar-refractivity contribution in [2.75, 3.05) is 0 Å². The molecule has 0 bridgehead atoms. The SMILES string of the molecule is CCCC(N)c1cn(Cc2c(C)cc(C)cc2C)nn1. The molecule has 0 aliphatic carbocycles. The van der Waals surface area contributed by atoms with Gasteiger partial charge in [-0.05, 0) is 43.9 Å². The van der Waals surface area contributed by atoms with Crippen LogP contribution < -0.4 is 5.73 Å². The predicted molar refractivity (Wildman–Crippen MR) is 81.6 cm³/mol. The van der Waals surface area contributed by atoms with Gasteiger partial charge in [0.25, 0.3) is 0 Å². The van der Waals surface area contributed by atoms with E-state index < -0.39 is 0 Å². The van der Waals surface area contributed by atoms with E-state index in [1.165, 1.54) is 22.3 Å². The molecule has 0 saturated carbocycles. The number of hydrogen-bond acceptors (Lipinski definition) is 3. The zero-order valence-corrected chi connectivity index (χ0v) is 12.8. The average Bonchev–Trinajstić information content (AvgIpc) is 2.82. The number of nitrogens with two attached hydrogens (primary N) is 1. The van der Waals surface area contributed by atoms with Crippen LogP contribution in [0.2, 0.25) is 0 Å². The summed E-state index contributed by atoms with van der Waals surface area (Å²) in [6.45, 7) is 9.31. The van der Waals surface area contributed by atoms with Crippen molar-refractivity contribution in [2.24, 2.45) is 5.73 Å². The van der Waals surface area contributed by atoms with Gasteiger partial charge in [0.1, 0.15) is 0 Å². The summed E-state index contributed by atoms with van der Waals surface area (Å²) in [5, 5.41) is 8.40. The van der Waals surface area contributed by atoms with Crippen LogP contribution in [-0.4, -0.2) is 15.0 Å². The lowest BCUT2D eigenvalue weighted by molar-refractivity contribution is 0.617. The number of aromatic nitrogens is 3. The molecule has 0 spiro atoms. The predicted octanol–water partition coefficient (Wildman–Crippen LogP) is 3.05. The Morgan fingerprint density at radius 3 is 2.45 bits per heavy atom. The van der Waals surface area contributed by atoms with Gasteiger partial charge in [0.15, 0.2) is 0 Å². The monoisotopic (exact) mass is 272 g/mol. The molecule has 1 heterocycles. The molecule has 0 aliphatic heterocycles. The summed E-state index contributed by atoms with van der Waals surface area (Å²) < 4.78 is 1.88. The van der Waals surface area contributed by atoms with Crippen molar-refractivity contribution in [1.29, 1.82) is 0 Å². The maximum Gasteiger partial charge on any atom is 0.0994 e. The van der Waals surface area contributed by atoms with E-state index in [1.807, 2.05) is 10.9 Å². The highest BCUT2D eigenvalue weighted by Crippen LogP contribution is 2.18. The Morgan fingerprint density at radius 1 is 1.20 bits per heavy atom. The normalized spacial score (nSPS) is 12.7. The van der Waals surface area contributed by atoms with Crippen LogP contribution in [0.4, 0.5) is 0 Å². The molecule has 1 unspecified atom stereocenters. The first-order valence-electron chi connectivity index (χ1n) is 7.23. The molecule has 0 aliphatic rings. The summed E-state index contributed by atoms with van der Waals surface area (Å²) >= 11 is 0. The second kappa shape index (κ2) is 6.18. The molecule has 0 saturated heterocycles. The zero-order valence-electron chi connectivity index (χ0n) is 12.8. The Bertz CT molecular complexity index is 563. The summed E-state index contributed by atoms with van der Waals surface area (Å²) in [5.74, 6) is 0. The van der Waals surface area contributed by atoms with Crippen LogP contribution in [0, 0.1) is 20.8 Å². The molecule has 0 amide bonds. The number of rotatable bonds is 5. The Kier molecular flexibility index (Phi) is 4.55.